The zero-order valence-electron chi connectivity index (χ0n) is 17.6. The first kappa shape index (κ1) is 21.7. The predicted molar refractivity (Wildman–Crippen MR) is 114 cm³/mol. The highest BCUT2D eigenvalue weighted by Gasteiger charge is 2.22. The molecule has 0 aliphatic rings. The van der Waals surface area contributed by atoms with Crippen molar-refractivity contribution in [1.82, 2.24) is 29.5 Å². The molecular weight excluding hydrogens is 434 g/mol. The molecule has 0 spiro atoms. The van der Waals surface area contributed by atoms with Crippen molar-refractivity contribution in [2.24, 2.45) is 12.8 Å². The summed E-state index contributed by atoms with van der Waals surface area (Å²) in [4.78, 5) is 27.5. The van der Waals surface area contributed by atoms with Gasteiger partial charge in [0.1, 0.15) is 6.54 Å². The summed E-state index contributed by atoms with van der Waals surface area (Å²) < 4.78 is 32.6. The number of hydrogen-bond donors (Lipinski definition) is 2. The molecule has 3 N–H and O–H groups in total. The van der Waals surface area contributed by atoms with Gasteiger partial charge in [-0.05, 0) is 19.1 Å². The Morgan fingerprint density at radius 3 is 2.45 bits per heavy atom. The van der Waals surface area contributed by atoms with E-state index in [0.717, 1.165) is 0 Å². The van der Waals surface area contributed by atoms with Crippen molar-refractivity contribution in [2.45, 2.75) is 13.5 Å². The van der Waals surface area contributed by atoms with Crippen LogP contribution in [0.5, 0.6) is 0 Å². The standard InChI is InChI=1S/C21H18F2N8O2/c1-11-15(9-31(29-11)10-17(32)28-12-5-6-26-27-7-12)13-3-4-14(19(23)18(13)22)16-8-25-21(20(24)33)30(16)2/h3-9H,10H2,1-2H3,(H2,24,33)(H,26,28,32). The first-order valence-corrected chi connectivity index (χ1v) is 9.67. The van der Waals surface area contributed by atoms with Crippen molar-refractivity contribution < 1.29 is 18.4 Å². The number of halogens is 2. The summed E-state index contributed by atoms with van der Waals surface area (Å²) in [5, 5.41) is 14.2. The van der Waals surface area contributed by atoms with Crippen LogP contribution in [0.1, 0.15) is 16.3 Å². The minimum atomic E-state index is -1.11. The van der Waals surface area contributed by atoms with E-state index in [-0.39, 0.29) is 35.1 Å². The van der Waals surface area contributed by atoms with E-state index in [4.69, 9.17) is 5.73 Å². The molecule has 0 fully saturated rings. The Kier molecular flexibility index (Phi) is 5.65. The van der Waals surface area contributed by atoms with Gasteiger partial charge in [0.25, 0.3) is 5.91 Å². The van der Waals surface area contributed by atoms with Crippen molar-refractivity contribution in [1.29, 1.82) is 0 Å². The van der Waals surface area contributed by atoms with Gasteiger partial charge in [0.15, 0.2) is 17.5 Å². The maximum atomic E-state index is 15.0. The number of nitrogens with zero attached hydrogens (tertiary/aromatic N) is 6. The average molecular weight is 452 g/mol. The number of carbonyl (C=O) groups excluding carboxylic acids is 2. The molecule has 0 radical (unpaired) electrons. The van der Waals surface area contributed by atoms with E-state index in [9.17, 15) is 14.0 Å². The molecule has 0 aliphatic carbocycles. The Morgan fingerprint density at radius 2 is 1.79 bits per heavy atom. The van der Waals surface area contributed by atoms with Gasteiger partial charge in [-0.3, -0.25) is 14.3 Å². The fourth-order valence-electron chi connectivity index (χ4n) is 3.42. The van der Waals surface area contributed by atoms with Gasteiger partial charge >= 0.3 is 0 Å². The largest absolute Gasteiger partial charge is 0.363 e. The molecular formula is C21H18F2N8O2. The van der Waals surface area contributed by atoms with Crippen LogP contribution in [0.25, 0.3) is 22.4 Å². The Hall–Kier alpha value is -4.48. The van der Waals surface area contributed by atoms with E-state index in [1.807, 2.05) is 0 Å². The van der Waals surface area contributed by atoms with Crippen molar-refractivity contribution in [3.8, 4) is 22.4 Å². The number of imidazole rings is 1. The third-order valence-corrected chi connectivity index (χ3v) is 4.98. The Labute approximate surface area is 186 Å². The first-order valence-electron chi connectivity index (χ1n) is 9.67. The number of rotatable bonds is 6. The second-order valence-electron chi connectivity index (χ2n) is 7.18. The summed E-state index contributed by atoms with van der Waals surface area (Å²) >= 11 is 0. The van der Waals surface area contributed by atoms with E-state index in [1.54, 1.807) is 13.0 Å². The van der Waals surface area contributed by atoms with E-state index >= 15 is 4.39 Å². The number of hydrogen-bond acceptors (Lipinski definition) is 6. The molecule has 2 amide bonds. The molecule has 0 aliphatic heterocycles. The van der Waals surface area contributed by atoms with Gasteiger partial charge in [0.05, 0.1) is 35.7 Å². The quantitative estimate of drug-likeness (QED) is 0.460. The van der Waals surface area contributed by atoms with E-state index in [1.165, 1.54) is 53.2 Å². The van der Waals surface area contributed by atoms with Crippen molar-refractivity contribution in [3.63, 3.8) is 0 Å². The summed E-state index contributed by atoms with van der Waals surface area (Å²) in [7, 11) is 1.48. The minimum Gasteiger partial charge on any atom is -0.363 e. The Balaban J connectivity index is 1.61. The lowest BCUT2D eigenvalue weighted by Gasteiger charge is -2.09. The molecule has 10 nitrogen and oxygen atoms in total. The number of carbonyl (C=O) groups is 2. The summed E-state index contributed by atoms with van der Waals surface area (Å²) in [5.74, 6) is -3.44. The van der Waals surface area contributed by atoms with Gasteiger partial charge in [-0.2, -0.15) is 15.3 Å². The molecule has 0 bridgehead atoms. The van der Waals surface area contributed by atoms with Crippen molar-refractivity contribution in [3.05, 3.63) is 66.1 Å². The van der Waals surface area contributed by atoms with Crippen LogP contribution in [0.15, 0.2) is 43.0 Å². The molecule has 0 saturated heterocycles. The zero-order chi connectivity index (χ0) is 23.7. The SMILES string of the molecule is Cc1nn(CC(=O)Nc2ccnnc2)cc1-c1ccc(-c2cnc(C(N)=O)n2C)c(F)c1F. The van der Waals surface area contributed by atoms with Crippen LogP contribution in [0.2, 0.25) is 0 Å². The maximum absolute atomic E-state index is 15.0. The normalized spacial score (nSPS) is 10.9. The number of nitrogens with two attached hydrogens (primary N) is 1. The molecule has 4 rings (SSSR count). The molecule has 1 aromatic carbocycles. The molecule has 12 heteroatoms. The molecule has 0 saturated carbocycles. The second kappa shape index (κ2) is 8.57. The van der Waals surface area contributed by atoms with Crippen LogP contribution in [0.4, 0.5) is 14.5 Å². The van der Waals surface area contributed by atoms with E-state index < -0.39 is 17.5 Å². The lowest BCUT2D eigenvalue weighted by molar-refractivity contribution is -0.116. The summed E-state index contributed by atoms with van der Waals surface area (Å²) in [6.07, 6.45) is 5.54. The van der Waals surface area contributed by atoms with Gasteiger partial charge in [0, 0.05) is 29.9 Å². The van der Waals surface area contributed by atoms with Gasteiger partial charge < -0.3 is 15.6 Å². The third-order valence-electron chi connectivity index (χ3n) is 4.98. The van der Waals surface area contributed by atoms with Gasteiger partial charge in [-0.1, -0.05) is 6.07 Å². The van der Waals surface area contributed by atoms with Gasteiger partial charge in [0.2, 0.25) is 5.91 Å². The first-order chi connectivity index (χ1) is 15.8. The number of amides is 2. The molecule has 4 aromatic rings. The van der Waals surface area contributed by atoms with Crippen LogP contribution in [0, 0.1) is 18.6 Å². The highest BCUT2D eigenvalue weighted by molar-refractivity contribution is 5.91. The molecule has 3 heterocycles. The second-order valence-corrected chi connectivity index (χ2v) is 7.18. The van der Waals surface area contributed by atoms with Crippen LogP contribution in [-0.2, 0) is 18.4 Å². The van der Waals surface area contributed by atoms with Crippen LogP contribution < -0.4 is 11.1 Å². The number of anilines is 1. The summed E-state index contributed by atoms with van der Waals surface area (Å²) in [6, 6.07) is 4.37. The lowest BCUT2D eigenvalue weighted by atomic mass is 10.0. The number of benzene rings is 1. The van der Waals surface area contributed by atoms with E-state index in [2.05, 4.69) is 25.6 Å². The van der Waals surface area contributed by atoms with Crippen LogP contribution in [-0.4, -0.2) is 41.3 Å². The molecule has 0 atom stereocenters. The third kappa shape index (κ3) is 4.18. The minimum absolute atomic E-state index is 0.0176. The van der Waals surface area contributed by atoms with E-state index in [0.29, 0.717) is 16.9 Å². The van der Waals surface area contributed by atoms with Gasteiger partial charge in [-0.15, -0.1) is 0 Å². The number of primary amides is 1. The Bertz CT molecular complexity index is 1360. The van der Waals surface area contributed by atoms with Crippen molar-refractivity contribution >= 4 is 17.5 Å². The topological polar surface area (TPSA) is 134 Å². The highest BCUT2D eigenvalue weighted by atomic mass is 19.2. The maximum Gasteiger partial charge on any atom is 0.284 e. The number of aryl methyl sites for hydroxylation is 1. The summed E-state index contributed by atoms with van der Waals surface area (Å²) in [6.45, 7) is 1.48. The van der Waals surface area contributed by atoms with Crippen LogP contribution in [0.3, 0.4) is 0 Å². The smallest absolute Gasteiger partial charge is 0.284 e. The molecule has 168 valence electrons. The lowest BCUT2D eigenvalue weighted by Crippen LogP contribution is -2.19. The molecule has 33 heavy (non-hydrogen) atoms. The summed E-state index contributed by atoms with van der Waals surface area (Å²) in [5.41, 5.74) is 6.56. The fraction of sp³-hybridized carbons (Fsp3) is 0.143. The van der Waals surface area contributed by atoms with Crippen LogP contribution >= 0.6 is 0 Å². The van der Waals surface area contributed by atoms with Gasteiger partial charge in [-0.25, -0.2) is 13.8 Å². The highest BCUT2D eigenvalue weighted by Crippen LogP contribution is 2.32. The fourth-order valence-corrected chi connectivity index (χ4v) is 3.42. The molecule has 3 aromatic heterocycles. The number of aromatic nitrogens is 6. The molecule has 0 unspecified atom stereocenters. The average Bonchev–Trinajstić information content (AvgIpc) is 3.33. The monoisotopic (exact) mass is 452 g/mol. The predicted octanol–water partition coefficient (Wildman–Crippen LogP) is 2.06. The number of nitrogens with one attached hydrogen (secondary N) is 1. The Morgan fingerprint density at radius 1 is 1.06 bits per heavy atom. The van der Waals surface area contributed by atoms with Crippen molar-refractivity contribution in [2.75, 3.05) is 5.32 Å². The zero-order valence-corrected chi connectivity index (χ0v) is 17.6.